The average molecular weight is 374 g/mol. The molecule has 0 atom stereocenters. The van der Waals surface area contributed by atoms with E-state index in [0.29, 0.717) is 18.5 Å². The number of nitrogens with two attached hydrogens (primary N) is 1. The lowest BCUT2D eigenvalue weighted by atomic mass is 9.90. The van der Waals surface area contributed by atoms with Crippen molar-refractivity contribution < 1.29 is 4.79 Å². The molecule has 1 fully saturated rings. The molecule has 0 saturated heterocycles. The van der Waals surface area contributed by atoms with Crippen molar-refractivity contribution in [3.05, 3.63) is 16.8 Å². The van der Waals surface area contributed by atoms with Crippen LogP contribution < -0.4 is 11.1 Å². The lowest BCUT2D eigenvalue weighted by Crippen LogP contribution is -2.39. The third kappa shape index (κ3) is 3.55. The van der Waals surface area contributed by atoms with Gasteiger partial charge >= 0.3 is 0 Å². The van der Waals surface area contributed by atoms with Gasteiger partial charge in [-0.3, -0.25) is 4.79 Å². The smallest absolute Gasteiger partial charge is 0.218 e. The fourth-order valence-corrected chi connectivity index (χ4v) is 5.59. The normalized spacial score (nSPS) is 22.7. The summed E-state index contributed by atoms with van der Waals surface area (Å²) in [4.78, 5) is 25.0. The molecule has 0 unspecified atom stereocenters. The molecule has 3 N–H and O–H groups in total. The van der Waals surface area contributed by atoms with Crippen molar-refractivity contribution >= 4 is 33.3 Å². The molecule has 0 bridgehead atoms. The zero-order valence-electron chi connectivity index (χ0n) is 15.3. The number of nitrogens with one attached hydrogen (secondary N) is 1. The Morgan fingerprint density at radius 1 is 1.31 bits per heavy atom. The number of rotatable bonds is 6. The van der Waals surface area contributed by atoms with Crippen LogP contribution in [0.2, 0.25) is 0 Å². The van der Waals surface area contributed by atoms with E-state index in [2.05, 4.69) is 27.2 Å². The van der Waals surface area contributed by atoms with Crippen molar-refractivity contribution in [2.45, 2.75) is 63.5 Å². The van der Waals surface area contributed by atoms with Crippen LogP contribution in [0.25, 0.3) is 10.2 Å². The van der Waals surface area contributed by atoms with E-state index < -0.39 is 0 Å². The molecule has 2 heterocycles. The number of nitrogens with zero attached hydrogens (tertiary/aromatic N) is 3. The van der Waals surface area contributed by atoms with E-state index in [0.717, 1.165) is 49.3 Å². The molecule has 0 aromatic carbocycles. The Bertz CT molecular complexity index is 797. The molecule has 0 spiro atoms. The minimum Gasteiger partial charge on any atom is -0.370 e. The van der Waals surface area contributed by atoms with Crippen molar-refractivity contribution in [1.82, 2.24) is 14.9 Å². The van der Waals surface area contributed by atoms with E-state index in [1.54, 1.807) is 6.33 Å². The van der Waals surface area contributed by atoms with Crippen LogP contribution in [-0.2, 0) is 17.6 Å². The van der Waals surface area contributed by atoms with Gasteiger partial charge in [0.25, 0.3) is 0 Å². The summed E-state index contributed by atoms with van der Waals surface area (Å²) in [6.45, 7) is 0.756. The number of carbonyl (C=O) groups is 1. The van der Waals surface area contributed by atoms with Crippen molar-refractivity contribution in [3.63, 3.8) is 0 Å². The van der Waals surface area contributed by atoms with E-state index in [4.69, 9.17) is 5.73 Å². The molecule has 2 aromatic heterocycles. The van der Waals surface area contributed by atoms with Gasteiger partial charge in [-0.15, -0.1) is 11.3 Å². The van der Waals surface area contributed by atoms with Gasteiger partial charge in [-0.05, 0) is 57.6 Å². The molecule has 1 saturated carbocycles. The summed E-state index contributed by atoms with van der Waals surface area (Å²) in [5, 5.41) is 4.98. The first-order chi connectivity index (χ1) is 12.6. The number of anilines is 1. The Balaban J connectivity index is 1.39. The third-order valence-corrected chi connectivity index (χ3v) is 7.07. The Hall–Kier alpha value is -1.73. The van der Waals surface area contributed by atoms with E-state index in [9.17, 15) is 4.79 Å². The second-order valence-electron chi connectivity index (χ2n) is 7.61. The lowest BCUT2D eigenvalue weighted by Gasteiger charge is -2.35. The zero-order valence-corrected chi connectivity index (χ0v) is 16.1. The first kappa shape index (κ1) is 17.7. The number of amides is 1. The number of hydrogen-bond donors (Lipinski definition) is 2. The maximum Gasteiger partial charge on any atom is 0.218 e. The highest BCUT2D eigenvalue weighted by Gasteiger charge is 2.26. The second kappa shape index (κ2) is 7.48. The van der Waals surface area contributed by atoms with Gasteiger partial charge in [0.15, 0.2) is 0 Å². The summed E-state index contributed by atoms with van der Waals surface area (Å²) < 4.78 is 0. The Kier molecular flexibility index (Phi) is 5.09. The first-order valence-electron chi connectivity index (χ1n) is 9.62. The summed E-state index contributed by atoms with van der Waals surface area (Å²) >= 11 is 1.84. The van der Waals surface area contributed by atoms with Crippen LogP contribution in [0.4, 0.5) is 5.82 Å². The van der Waals surface area contributed by atoms with Crippen molar-refractivity contribution in [1.29, 1.82) is 0 Å². The number of primary amides is 1. The monoisotopic (exact) mass is 373 g/mol. The predicted octanol–water partition coefficient (Wildman–Crippen LogP) is 2.71. The number of aromatic nitrogens is 2. The highest BCUT2D eigenvalue weighted by molar-refractivity contribution is 7.19. The molecular formula is C19H27N5OS. The molecule has 7 heteroatoms. The Morgan fingerprint density at radius 2 is 2.12 bits per heavy atom. The van der Waals surface area contributed by atoms with E-state index in [1.807, 2.05) is 11.3 Å². The molecule has 26 heavy (non-hydrogen) atoms. The fourth-order valence-electron chi connectivity index (χ4n) is 4.36. The van der Waals surface area contributed by atoms with Crippen LogP contribution in [-0.4, -0.2) is 46.5 Å². The van der Waals surface area contributed by atoms with Crippen LogP contribution >= 0.6 is 11.3 Å². The molecule has 1 amide bonds. The number of thiophene rings is 1. The second-order valence-corrected chi connectivity index (χ2v) is 8.69. The summed E-state index contributed by atoms with van der Waals surface area (Å²) in [5.74, 6) is 0.809. The summed E-state index contributed by atoms with van der Waals surface area (Å²) in [5.41, 5.74) is 6.75. The topological polar surface area (TPSA) is 84.1 Å². The highest BCUT2D eigenvalue weighted by Crippen LogP contribution is 2.39. The number of aryl methyl sites for hydroxylation is 2. The summed E-state index contributed by atoms with van der Waals surface area (Å²) in [6.07, 6.45) is 10.3. The summed E-state index contributed by atoms with van der Waals surface area (Å²) in [7, 11) is 2.10. The molecule has 6 nitrogen and oxygen atoms in total. The largest absolute Gasteiger partial charge is 0.370 e. The molecule has 0 aliphatic heterocycles. The van der Waals surface area contributed by atoms with Crippen LogP contribution in [0.3, 0.4) is 0 Å². The van der Waals surface area contributed by atoms with E-state index >= 15 is 0 Å². The van der Waals surface area contributed by atoms with Crippen molar-refractivity contribution in [2.75, 3.05) is 18.9 Å². The van der Waals surface area contributed by atoms with Crippen LogP contribution in [0, 0.1) is 0 Å². The van der Waals surface area contributed by atoms with Crippen LogP contribution in [0.1, 0.15) is 49.0 Å². The van der Waals surface area contributed by atoms with Crippen molar-refractivity contribution in [3.8, 4) is 0 Å². The zero-order chi connectivity index (χ0) is 18.1. The van der Waals surface area contributed by atoms with Gasteiger partial charge in [0.05, 0.1) is 5.39 Å². The van der Waals surface area contributed by atoms with Gasteiger partial charge in [-0.1, -0.05) is 0 Å². The van der Waals surface area contributed by atoms with Gasteiger partial charge in [-0.25, -0.2) is 9.97 Å². The SMILES string of the molecule is CN(CCC(N)=O)C1CCC(Nc2ncnc3sc4c(c23)CCC4)CC1. The standard InChI is InChI=1S/C19H27N5OS/c1-24(10-9-16(20)25)13-7-5-12(6-8-13)23-18-17-14-3-2-4-15(14)26-19(17)22-11-21-18/h11-13H,2-10H2,1H3,(H2,20,25)(H,21,22,23). The van der Waals surface area contributed by atoms with Gasteiger partial charge in [0.2, 0.25) is 5.91 Å². The molecule has 4 rings (SSSR count). The third-order valence-electron chi connectivity index (χ3n) is 5.87. The van der Waals surface area contributed by atoms with Crippen molar-refractivity contribution in [2.24, 2.45) is 5.73 Å². The van der Waals surface area contributed by atoms with Gasteiger partial charge in [-0.2, -0.15) is 0 Å². The highest BCUT2D eigenvalue weighted by atomic mass is 32.1. The van der Waals surface area contributed by atoms with E-state index in [1.165, 1.54) is 28.7 Å². The fraction of sp³-hybridized carbons (Fsp3) is 0.632. The Labute approximate surface area is 158 Å². The number of carbonyl (C=O) groups excluding carboxylic acids is 1. The minimum absolute atomic E-state index is 0.219. The number of hydrogen-bond acceptors (Lipinski definition) is 6. The maximum atomic E-state index is 11.0. The number of fused-ring (bicyclic) bond motifs is 3. The van der Waals surface area contributed by atoms with Crippen LogP contribution in [0.5, 0.6) is 0 Å². The molecule has 2 aliphatic rings. The molecule has 140 valence electrons. The van der Waals surface area contributed by atoms with Gasteiger partial charge < -0.3 is 16.0 Å². The Morgan fingerprint density at radius 3 is 2.88 bits per heavy atom. The first-order valence-corrected chi connectivity index (χ1v) is 10.4. The van der Waals surface area contributed by atoms with E-state index in [-0.39, 0.29) is 5.91 Å². The quantitative estimate of drug-likeness (QED) is 0.813. The molecular weight excluding hydrogens is 346 g/mol. The van der Waals surface area contributed by atoms with Crippen LogP contribution in [0.15, 0.2) is 6.33 Å². The molecule has 2 aliphatic carbocycles. The minimum atomic E-state index is -0.219. The average Bonchev–Trinajstić information content (AvgIpc) is 3.21. The van der Waals surface area contributed by atoms with Gasteiger partial charge in [0.1, 0.15) is 17.0 Å². The summed E-state index contributed by atoms with van der Waals surface area (Å²) in [6, 6.07) is 1.01. The lowest BCUT2D eigenvalue weighted by molar-refractivity contribution is -0.118. The molecule has 0 radical (unpaired) electrons. The predicted molar refractivity (Wildman–Crippen MR) is 106 cm³/mol. The van der Waals surface area contributed by atoms with Gasteiger partial charge in [0, 0.05) is 29.9 Å². The molecule has 2 aromatic rings. The maximum absolute atomic E-state index is 11.0.